The lowest BCUT2D eigenvalue weighted by molar-refractivity contribution is 0.736. The van der Waals surface area contributed by atoms with Gasteiger partial charge in [0.15, 0.2) is 12.7 Å². The minimum Gasteiger partial charge on any atom is -0.265 e. The fourth-order valence-electron chi connectivity index (χ4n) is 1.65. The molecule has 0 N–H and O–H groups in total. The van der Waals surface area contributed by atoms with Gasteiger partial charge in [-0.1, -0.05) is 248 Å². The molecule has 0 bridgehead atoms. The van der Waals surface area contributed by atoms with Crippen molar-refractivity contribution in [2.45, 2.75) is 242 Å². The summed E-state index contributed by atoms with van der Waals surface area (Å²) in [5, 5.41) is 27.4. The summed E-state index contributed by atoms with van der Waals surface area (Å²) >= 11 is 0. The highest BCUT2D eigenvalue weighted by Gasteiger charge is 1.71. The topological polar surface area (TPSA) is 219 Å². The summed E-state index contributed by atoms with van der Waals surface area (Å²) in [5.41, 5.74) is 0. The molecule has 0 atom stereocenters. The van der Waals surface area contributed by atoms with E-state index in [1.54, 1.807) is 74.2 Å². The third-order valence-corrected chi connectivity index (χ3v) is 3.15. The van der Waals surface area contributed by atoms with Crippen LogP contribution in [0.2, 0.25) is 0 Å². The predicted molar refractivity (Wildman–Crippen MR) is 371 cm³/mol. The molecular weight excluding hydrogens is 1040 g/mol. The van der Waals surface area contributed by atoms with Gasteiger partial charge in [0.05, 0.1) is 6.20 Å². The van der Waals surface area contributed by atoms with Crippen LogP contribution in [0.15, 0.2) is 155 Å². The average Bonchev–Trinajstić information content (AvgIpc) is 3.52. The quantitative estimate of drug-likeness (QED) is 0.138. The molecule has 0 saturated carbocycles. The van der Waals surface area contributed by atoms with Crippen LogP contribution >= 0.6 is 0 Å². The molecule has 0 aliphatic carbocycles. The van der Waals surface area contributed by atoms with E-state index < -0.39 is 0 Å². The molecule has 7 rings (SSSR count). The van der Waals surface area contributed by atoms with Crippen molar-refractivity contribution in [1.82, 2.24) is 85.6 Å². The number of pyridine rings is 1. The molecule has 84 heavy (non-hydrogen) atoms. The molecule has 0 aliphatic heterocycles. The predicted octanol–water partition coefficient (Wildman–Crippen LogP) is 20.3. The van der Waals surface area contributed by atoms with Crippen molar-refractivity contribution in [3.8, 4) is 0 Å². The number of rotatable bonds is 0. The maximum atomic E-state index is 3.78. The Morgan fingerprint density at radius 2 is 0.321 bits per heavy atom. The van der Waals surface area contributed by atoms with Crippen molar-refractivity contribution >= 4 is 0 Å². The van der Waals surface area contributed by atoms with Gasteiger partial charge in [-0.05, 0) is 71.8 Å². The molecule has 0 unspecified atom stereocenters. The number of hydrogen-bond donors (Lipinski definition) is 0. The average molecular weight is 1180 g/mol. The van der Waals surface area contributed by atoms with E-state index in [9.17, 15) is 0 Å². The zero-order valence-corrected chi connectivity index (χ0v) is 61.1. The van der Waals surface area contributed by atoms with Gasteiger partial charge in [0.25, 0.3) is 0 Å². The fraction of sp³-hybridized carbons (Fsp3) is 0.627. The number of hydrogen-bond acceptors (Lipinski definition) is 17. The Bertz CT molecular complexity index is 1130. The van der Waals surface area contributed by atoms with E-state index in [0.29, 0.717) is 0 Å². The Morgan fingerprint density at radius 1 is 0.143 bits per heavy atom. The molecule has 0 fully saturated rings. The minimum absolute atomic E-state index is 0.833. The SMILES string of the molecule is CC.CC.CC.CC.CC.CC.CC.CC(C)C.CC(C)C.CC(C)C.CC(C)C.CC(C)C.CC(C)C.CC(C)C.c1ccncc1.c1ccnnc1.c1cnccn1.c1cncnc1.c1cnncn1.c1ncncn1.c1nncnn1. The maximum Gasteiger partial charge on any atom is 0.160 e. The third-order valence-electron chi connectivity index (χ3n) is 3.15. The van der Waals surface area contributed by atoms with E-state index in [2.05, 4.69) is 231 Å². The van der Waals surface area contributed by atoms with Gasteiger partial charge in [-0.25, -0.2) is 29.9 Å². The van der Waals surface area contributed by atoms with E-state index in [1.807, 2.05) is 127 Å². The summed E-state index contributed by atoms with van der Waals surface area (Å²) in [6.45, 7) is 73.5. The monoisotopic (exact) mass is 1180 g/mol. The molecule has 0 aliphatic rings. The number of aromatic nitrogens is 17. The molecular formula is C67H137N17. The van der Waals surface area contributed by atoms with Gasteiger partial charge >= 0.3 is 0 Å². The van der Waals surface area contributed by atoms with Crippen LogP contribution in [-0.2, 0) is 0 Å². The summed E-state index contributed by atoms with van der Waals surface area (Å²) in [5.74, 6) is 5.83. The van der Waals surface area contributed by atoms with Gasteiger partial charge in [-0.15, -0.1) is 25.5 Å². The summed E-state index contributed by atoms with van der Waals surface area (Å²) in [4.78, 5) is 32.9. The molecule has 490 valence electrons. The van der Waals surface area contributed by atoms with Crippen LogP contribution in [0.4, 0.5) is 0 Å². The largest absolute Gasteiger partial charge is 0.265 e. The first-order chi connectivity index (χ1) is 40.1. The van der Waals surface area contributed by atoms with E-state index in [-0.39, 0.29) is 0 Å². The third kappa shape index (κ3) is 333. The molecule has 7 heterocycles. The highest BCUT2D eigenvalue weighted by atomic mass is 15.2. The lowest BCUT2D eigenvalue weighted by Gasteiger charge is -1.79. The Morgan fingerprint density at radius 3 is 0.405 bits per heavy atom. The van der Waals surface area contributed by atoms with Gasteiger partial charge in [0.2, 0.25) is 0 Å². The lowest BCUT2D eigenvalue weighted by atomic mass is 10.3. The standard InChI is InChI=1S/C5H5N.3C4H4N2.7C4H10.2C3H3N3.C2H2N4.7C2H6/c1-2-4-6-5-3-1;1-2-6-4-3-5-1;1-2-5-4-6-3-1;1-2-4-6-5-3-1;7*1-4(2)3;1-4-2-6-3-5-1;1-2-5-6-3-4-1;1-3-5-2-6-4-1;7*1-2/h1-5H;3*1-4H;7*4H,1-3H3;2*1-3H;1-2H;7*1-2H3. The second-order valence-corrected chi connectivity index (χ2v) is 18.1. The summed E-state index contributed by atoms with van der Waals surface area (Å²) in [6.07, 6.45) is 29.6. The molecule has 17 heteroatoms. The molecule has 7 aromatic heterocycles. The fourth-order valence-corrected chi connectivity index (χ4v) is 1.65. The van der Waals surface area contributed by atoms with Crippen LogP contribution in [0.5, 0.6) is 0 Å². The van der Waals surface area contributed by atoms with Crippen molar-refractivity contribution in [1.29, 1.82) is 0 Å². The van der Waals surface area contributed by atoms with Crippen molar-refractivity contribution < 1.29 is 0 Å². The summed E-state index contributed by atoms with van der Waals surface area (Å²) in [7, 11) is 0. The lowest BCUT2D eigenvalue weighted by Crippen LogP contribution is -1.81. The second-order valence-electron chi connectivity index (χ2n) is 18.1. The molecule has 17 nitrogen and oxygen atoms in total. The molecule has 0 radical (unpaired) electrons. The first-order valence-corrected chi connectivity index (χ1v) is 30.6. The molecule has 0 spiro atoms. The molecule has 0 amide bonds. The Kier molecular flexibility index (Phi) is 183. The van der Waals surface area contributed by atoms with Gasteiger partial charge < -0.3 is 0 Å². The smallest absolute Gasteiger partial charge is 0.160 e. The van der Waals surface area contributed by atoms with Crippen LogP contribution in [-0.4, -0.2) is 85.6 Å². The summed E-state index contributed by atoms with van der Waals surface area (Å²) < 4.78 is 0. The number of nitrogens with zero attached hydrogens (tertiary/aromatic N) is 17. The van der Waals surface area contributed by atoms with Crippen LogP contribution in [0, 0.1) is 41.4 Å². The van der Waals surface area contributed by atoms with E-state index in [0.717, 1.165) is 41.4 Å². The Balaban J connectivity index is -0.0000000517. The van der Waals surface area contributed by atoms with E-state index in [1.165, 1.54) is 50.5 Å². The van der Waals surface area contributed by atoms with Crippen molar-refractivity contribution in [2.75, 3.05) is 0 Å². The van der Waals surface area contributed by atoms with Crippen molar-refractivity contribution in [3.05, 3.63) is 155 Å². The van der Waals surface area contributed by atoms with Crippen LogP contribution < -0.4 is 0 Å². The Labute approximate surface area is 522 Å². The van der Waals surface area contributed by atoms with Crippen molar-refractivity contribution in [2.24, 2.45) is 41.4 Å². The molecule has 0 saturated heterocycles. The van der Waals surface area contributed by atoms with Crippen LogP contribution in [0.1, 0.15) is 242 Å². The van der Waals surface area contributed by atoms with E-state index >= 15 is 0 Å². The van der Waals surface area contributed by atoms with Crippen LogP contribution in [0.3, 0.4) is 0 Å². The molecule has 0 aromatic carbocycles. The zero-order valence-electron chi connectivity index (χ0n) is 61.1. The van der Waals surface area contributed by atoms with Gasteiger partial charge in [0.1, 0.15) is 31.6 Å². The highest BCUT2D eigenvalue weighted by Crippen LogP contribution is 1.84. The van der Waals surface area contributed by atoms with Gasteiger partial charge in [-0.3, -0.25) is 15.0 Å². The van der Waals surface area contributed by atoms with Gasteiger partial charge in [0, 0.05) is 68.2 Å². The summed E-state index contributed by atoms with van der Waals surface area (Å²) in [6, 6.07) is 11.1. The first kappa shape index (κ1) is 112. The van der Waals surface area contributed by atoms with Gasteiger partial charge in [-0.2, -0.15) is 15.3 Å². The normalized spacial score (nSPS) is 7.50. The second kappa shape index (κ2) is 137. The van der Waals surface area contributed by atoms with Crippen LogP contribution in [0.25, 0.3) is 0 Å². The minimum atomic E-state index is 0.833. The maximum absolute atomic E-state index is 3.78. The first-order valence-electron chi connectivity index (χ1n) is 30.6. The van der Waals surface area contributed by atoms with E-state index in [4.69, 9.17) is 0 Å². The Hall–Kier alpha value is -6.65. The van der Waals surface area contributed by atoms with Crippen molar-refractivity contribution in [3.63, 3.8) is 0 Å². The highest BCUT2D eigenvalue weighted by molar-refractivity contribution is 4.88. The molecule has 7 aromatic rings. The zero-order chi connectivity index (χ0) is 68.7.